The van der Waals surface area contributed by atoms with E-state index in [0.717, 1.165) is 16.9 Å². The van der Waals surface area contributed by atoms with Crippen LogP contribution in [0.3, 0.4) is 0 Å². The van der Waals surface area contributed by atoms with Crippen molar-refractivity contribution >= 4 is 29.2 Å². The average molecular weight is 489 g/mol. The first kappa shape index (κ1) is 23.6. The van der Waals surface area contributed by atoms with Crippen LogP contribution in [0.2, 0.25) is 0 Å². The number of anilines is 2. The number of hydrogen-bond acceptors (Lipinski definition) is 5. The van der Waals surface area contributed by atoms with Gasteiger partial charge in [-0.2, -0.15) is 13.2 Å². The Morgan fingerprint density at radius 3 is 2.47 bits per heavy atom. The molecule has 0 fully saturated rings. The standard InChI is InChI=1S/C24H20F4N4OS/c1-16-13-32(20-6-8-21(9-7-20)34-24(26,27)28)15-31(16)14-17-10-11-29-22(12-17)30-23(33)18-2-4-19(25)5-3-18/h2-13H,14-15H2,1H3,(H,29,30,33). The zero-order valence-corrected chi connectivity index (χ0v) is 18.8. The van der Waals surface area contributed by atoms with Gasteiger partial charge in [-0.3, -0.25) is 4.79 Å². The van der Waals surface area contributed by atoms with E-state index in [1.807, 2.05) is 24.1 Å². The molecule has 0 spiro atoms. The Morgan fingerprint density at radius 2 is 1.79 bits per heavy atom. The smallest absolute Gasteiger partial charge is 0.351 e. The fourth-order valence-electron chi connectivity index (χ4n) is 3.46. The number of allylic oxidation sites excluding steroid dienone is 1. The molecule has 1 aliphatic heterocycles. The number of nitrogens with zero attached hydrogens (tertiary/aromatic N) is 3. The minimum absolute atomic E-state index is 0.137. The van der Waals surface area contributed by atoms with Crippen LogP contribution in [0.25, 0.3) is 0 Å². The average Bonchev–Trinajstić information content (AvgIpc) is 3.14. The van der Waals surface area contributed by atoms with Crippen LogP contribution in [-0.2, 0) is 6.54 Å². The Balaban J connectivity index is 1.38. The molecule has 2 aromatic carbocycles. The molecule has 0 radical (unpaired) electrons. The largest absolute Gasteiger partial charge is 0.446 e. The maximum Gasteiger partial charge on any atom is 0.446 e. The van der Waals surface area contributed by atoms with Gasteiger partial charge in [-0.15, -0.1) is 0 Å². The van der Waals surface area contributed by atoms with Crippen LogP contribution >= 0.6 is 11.8 Å². The highest BCUT2D eigenvalue weighted by Gasteiger charge is 2.29. The summed E-state index contributed by atoms with van der Waals surface area (Å²) in [6, 6.07) is 15.1. The van der Waals surface area contributed by atoms with E-state index in [1.54, 1.807) is 24.4 Å². The van der Waals surface area contributed by atoms with Gasteiger partial charge in [-0.25, -0.2) is 9.37 Å². The Kier molecular flexibility index (Phi) is 6.78. The van der Waals surface area contributed by atoms with Crippen LogP contribution in [0.1, 0.15) is 22.8 Å². The quantitative estimate of drug-likeness (QED) is 0.330. The number of thioether (sulfide) groups is 1. The zero-order valence-electron chi connectivity index (χ0n) is 18.0. The van der Waals surface area contributed by atoms with Crippen LogP contribution in [0.5, 0.6) is 0 Å². The molecule has 0 saturated carbocycles. The first-order valence-electron chi connectivity index (χ1n) is 10.2. The summed E-state index contributed by atoms with van der Waals surface area (Å²) in [6.07, 6.45) is 3.53. The summed E-state index contributed by atoms with van der Waals surface area (Å²) in [7, 11) is 0. The van der Waals surface area contributed by atoms with Gasteiger partial charge in [0.25, 0.3) is 5.91 Å². The van der Waals surface area contributed by atoms with Crippen molar-refractivity contribution in [3.8, 4) is 0 Å². The maximum atomic E-state index is 13.1. The molecule has 1 aliphatic rings. The summed E-state index contributed by atoms with van der Waals surface area (Å²) >= 11 is -0.137. The first-order chi connectivity index (χ1) is 16.2. The molecule has 176 valence electrons. The van der Waals surface area contributed by atoms with Gasteiger partial charge in [-0.05, 0) is 84.9 Å². The van der Waals surface area contributed by atoms with Crippen molar-refractivity contribution in [3.05, 3.63) is 95.7 Å². The number of pyridine rings is 1. The fraction of sp³-hybridized carbons (Fsp3) is 0.167. The van der Waals surface area contributed by atoms with Crippen LogP contribution in [0.15, 0.2) is 83.7 Å². The van der Waals surface area contributed by atoms with Crippen LogP contribution < -0.4 is 10.2 Å². The Labute approximate surface area is 198 Å². The van der Waals surface area contributed by atoms with Crippen LogP contribution in [0, 0.1) is 5.82 Å². The van der Waals surface area contributed by atoms with Gasteiger partial charge in [0.2, 0.25) is 0 Å². The number of nitrogens with one attached hydrogen (secondary N) is 1. The summed E-state index contributed by atoms with van der Waals surface area (Å²) in [6.45, 7) is 3.02. The molecule has 4 rings (SSSR count). The van der Waals surface area contributed by atoms with E-state index in [1.165, 1.54) is 36.4 Å². The van der Waals surface area contributed by atoms with Crippen molar-refractivity contribution in [1.82, 2.24) is 9.88 Å². The van der Waals surface area contributed by atoms with E-state index in [9.17, 15) is 22.4 Å². The lowest BCUT2D eigenvalue weighted by Gasteiger charge is -2.23. The second-order valence-electron chi connectivity index (χ2n) is 7.63. The number of hydrogen-bond donors (Lipinski definition) is 1. The topological polar surface area (TPSA) is 48.5 Å². The van der Waals surface area contributed by atoms with Crippen molar-refractivity contribution in [2.75, 3.05) is 16.9 Å². The lowest BCUT2D eigenvalue weighted by Crippen LogP contribution is -2.26. The van der Waals surface area contributed by atoms with Gasteiger partial charge in [0.1, 0.15) is 11.6 Å². The highest BCUT2D eigenvalue weighted by Crippen LogP contribution is 2.37. The number of amides is 1. The Morgan fingerprint density at radius 1 is 1.09 bits per heavy atom. The molecule has 0 unspecified atom stereocenters. The maximum absolute atomic E-state index is 13.1. The van der Waals surface area contributed by atoms with E-state index in [4.69, 9.17) is 0 Å². The van der Waals surface area contributed by atoms with Crippen molar-refractivity contribution < 1.29 is 22.4 Å². The van der Waals surface area contributed by atoms with Crippen molar-refractivity contribution in [1.29, 1.82) is 0 Å². The molecular weight excluding hydrogens is 468 g/mol. The molecule has 10 heteroatoms. The molecule has 2 heterocycles. The summed E-state index contributed by atoms with van der Waals surface area (Å²) in [5.41, 5.74) is -1.31. The SMILES string of the molecule is CC1=CN(c2ccc(SC(F)(F)F)cc2)CN1Cc1ccnc(NC(=O)c2ccc(F)cc2)c1. The third-order valence-corrected chi connectivity index (χ3v) is 5.85. The molecule has 34 heavy (non-hydrogen) atoms. The van der Waals surface area contributed by atoms with Crippen molar-refractivity contribution in [2.45, 2.75) is 23.9 Å². The van der Waals surface area contributed by atoms with Crippen LogP contribution in [0.4, 0.5) is 29.1 Å². The van der Waals surface area contributed by atoms with E-state index in [0.29, 0.717) is 24.6 Å². The molecule has 5 nitrogen and oxygen atoms in total. The molecule has 0 saturated heterocycles. The van der Waals surface area contributed by atoms with Gasteiger partial charge < -0.3 is 15.1 Å². The summed E-state index contributed by atoms with van der Waals surface area (Å²) < 4.78 is 50.7. The van der Waals surface area contributed by atoms with Crippen molar-refractivity contribution in [2.24, 2.45) is 0 Å². The normalized spacial score (nSPS) is 13.7. The van der Waals surface area contributed by atoms with Gasteiger partial charge >= 0.3 is 5.51 Å². The van der Waals surface area contributed by atoms with Gasteiger partial charge in [0, 0.05) is 40.8 Å². The zero-order chi connectivity index (χ0) is 24.3. The fourth-order valence-corrected chi connectivity index (χ4v) is 4.00. The van der Waals surface area contributed by atoms with E-state index in [2.05, 4.69) is 15.2 Å². The van der Waals surface area contributed by atoms with E-state index >= 15 is 0 Å². The Hall–Kier alpha value is -3.53. The molecule has 3 aromatic rings. The number of halogens is 4. The number of aromatic nitrogens is 1. The van der Waals surface area contributed by atoms with Gasteiger partial charge in [-0.1, -0.05) is 0 Å². The predicted octanol–water partition coefficient (Wildman–Crippen LogP) is 6.23. The number of benzene rings is 2. The van der Waals surface area contributed by atoms with Gasteiger partial charge in [0.05, 0.1) is 6.67 Å². The molecule has 1 amide bonds. The van der Waals surface area contributed by atoms with E-state index in [-0.39, 0.29) is 22.6 Å². The number of alkyl halides is 3. The molecule has 0 aliphatic carbocycles. The highest BCUT2D eigenvalue weighted by molar-refractivity contribution is 8.00. The second kappa shape index (κ2) is 9.76. The van der Waals surface area contributed by atoms with E-state index < -0.39 is 11.3 Å². The van der Waals surface area contributed by atoms with Crippen LogP contribution in [-0.4, -0.2) is 28.0 Å². The second-order valence-corrected chi connectivity index (χ2v) is 8.77. The van der Waals surface area contributed by atoms with Gasteiger partial charge in [0.15, 0.2) is 0 Å². The minimum Gasteiger partial charge on any atom is -0.351 e. The molecule has 0 bridgehead atoms. The number of carbonyl (C=O) groups is 1. The lowest BCUT2D eigenvalue weighted by molar-refractivity contribution is -0.0328. The molecule has 1 N–H and O–H groups in total. The summed E-state index contributed by atoms with van der Waals surface area (Å²) in [5, 5.41) is 2.71. The molecule has 0 atom stereocenters. The lowest BCUT2D eigenvalue weighted by atomic mass is 10.2. The van der Waals surface area contributed by atoms with Crippen molar-refractivity contribution in [3.63, 3.8) is 0 Å². The third kappa shape index (κ3) is 6.07. The minimum atomic E-state index is -4.32. The summed E-state index contributed by atoms with van der Waals surface area (Å²) in [4.78, 5) is 20.7. The third-order valence-electron chi connectivity index (χ3n) is 5.11. The summed E-state index contributed by atoms with van der Waals surface area (Å²) in [5.74, 6) is -0.432. The highest BCUT2D eigenvalue weighted by atomic mass is 32.2. The first-order valence-corrected chi connectivity index (χ1v) is 11.1. The predicted molar refractivity (Wildman–Crippen MR) is 124 cm³/mol. The Bertz CT molecular complexity index is 1200. The monoisotopic (exact) mass is 488 g/mol. The number of rotatable bonds is 6. The molecular formula is C24H20F4N4OS. The molecule has 1 aromatic heterocycles. The number of carbonyl (C=O) groups excluding carboxylic acids is 1.